The highest BCUT2D eigenvalue weighted by Crippen LogP contribution is 2.21. The molecule has 0 saturated carbocycles. The third kappa shape index (κ3) is 4.73. The van der Waals surface area contributed by atoms with Gasteiger partial charge >= 0.3 is 0 Å². The van der Waals surface area contributed by atoms with E-state index in [1.165, 1.54) is 11.1 Å². The average molecular weight is 337 g/mol. The summed E-state index contributed by atoms with van der Waals surface area (Å²) in [5.41, 5.74) is 2.64. The van der Waals surface area contributed by atoms with E-state index < -0.39 is 0 Å². The van der Waals surface area contributed by atoms with Crippen LogP contribution in [0.15, 0.2) is 60.7 Å². The zero-order chi connectivity index (χ0) is 16.8. The van der Waals surface area contributed by atoms with Crippen LogP contribution in [-0.4, -0.2) is 15.1 Å². The zero-order valence-corrected chi connectivity index (χ0v) is 15.0. The van der Waals surface area contributed by atoms with E-state index in [1.807, 2.05) is 0 Å². The van der Waals surface area contributed by atoms with Gasteiger partial charge in [-0.3, -0.25) is 4.90 Å². The first kappa shape index (κ1) is 16.8. The SMILES string of the molecule is CC(C)c1nnc(CN(Cc2ccccc2)Cc2ccccc2)s1. The Kier molecular flexibility index (Phi) is 5.72. The number of nitrogens with zero attached hydrogens (tertiary/aromatic N) is 3. The summed E-state index contributed by atoms with van der Waals surface area (Å²) in [7, 11) is 0. The lowest BCUT2D eigenvalue weighted by molar-refractivity contribution is 0.247. The molecule has 24 heavy (non-hydrogen) atoms. The van der Waals surface area contributed by atoms with Gasteiger partial charge in [-0.15, -0.1) is 10.2 Å². The minimum absolute atomic E-state index is 0.438. The molecular weight excluding hydrogens is 314 g/mol. The first-order valence-corrected chi connectivity index (χ1v) is 9.15. The predicted molar refractivity (Wildman–Crippen MR) is 99.8 cm³/mol. The van der Waals surface area contributed by atoms with Crippen molar-refractivity contribution in [3.63, 3.8) is 0 Å². The molecule has 0 N–H and O–H groups in total. The van der Waals surface area contributed by atoms with Gasteiger partial charge < -0.3 is 0 Å². The summed E-state index contributed by atoms with van der Waals surface area (Å²) >= 11 is 1.73. The lowest BCUT2D eigenvalue weighted by Gasteiger charge is -2.21. The Hall–Kier alpha value is -2.04. The normalized spacial score (nSPS) is 11.3. The highest BCUT2D eigenvalue weighted by molar-refractivity contribution is 7.11. The molecular formula is C20H23N3S. The Morgan fingerprint density at radius 3 is 1.79 bits per heavy atom. The van der Waals surface area contributed by atoms with Crippen molar-refractivity contribution in [3.8, 4) is 0 Å². The lowest BCUT2D eigenvalue weighted by Crippen LogP contribution is -2.22. The summed E-state index contributed by atoms with van der Waals surface area (Å²) in [5, 5.41) is 10.9. The van der Waals surface area contributed by atoms with Crippen molar-refractivity contribution in [1.82, 2.24) is 15.1 Å². The summed E-state index contributed by atoms with van der Waals surface area (Å²) < 4.78 is 0. The van der Waals surface area contributed by atoms with E-state index in [2.05, 4.69) is 89.6 Å². The molecule has 0 atom stereocenters. The molecule has 2 aromatic carbocycles. The van der Waals surface area contributed by atoms with Crippen molar-refractivity contribution >= 4 is 11.3 Å². The van der Waals surface area contributed by atoms with E-state index in [-0.39, 0.29) is 0 Å². The highest BCUT2D eigenvalue weighted by atomic mass is 32.1. The van der Waals surface area contributed by atoms with Gasteiger partial charge in [0.25, 0.3) is 0 Å². The summed E-state index contributed by atoms with van der Waals surface area (Å²) in [4.78, 5) is 2.43. The van der Waals surface area contributed by atoms with E-state index in [0.717, 1.165) is 29.6 Å². The van der Waals surface area contributed by atoms with Crippen LogP contribution in [0.25, 0.3) is 0 Å². The predicted octanol–water partition coefficient (Wildman–Crippen LogP) is 4.86. The maximum atomic E-state index is 4.39. The Morgan fingerprint density at radius 1 is 0.792 bits per heavy atom. The van der Waals surface area contributed by atoms with Gasteiger partial charge in [-0.2, -0.15) is 0 Å². The van der Waals surface area contributed by atoms with Gasteiger partial charge in [0, 0.05) is 19.0 Å². The second-order valence-corrected chi connectivity index (χ2v) is 7.40. The van der Waals surface area contributed by atoms with E-state index in [1.54, 1.807) is 11.3 Å². The van der Waals surface area contributed by atoms with E-state index in [9.17, 15) is 0 Å². The van der Waals surface area contributed by atoms with Crippen molar-refractivity contribution in [2.45, 2.75) is 39.4 Å². The maximum absolute atomic E-state index is 4.39. The Labute approximate surface area is 148 Å². The molecule has 3 aromatic rings. The fourth-order valence-corrected chi connectivity index (χ4v) is 3.49. The molecule has 124 valence electrons. The minimum Gasteiger partial charge on any atom is -0.288 e. The maximum Gasteiger partial charge on any atom is 0.131 e. The highest BCUT2D eigenvalue weighted by Gasteiger charge is 2.13. The van der Waals surface area contributed by atoms with Crippen molar-refractivity contribution in [3.05, 3.63) is 81.8 Å². The third-order valence-electron chi connectivity index (χ3n) is 3.83. The van der Waals surface area contributed by atoms with Crippen molar-refractivity contribution in [2.75, 3.05) is 0 Å². The van der Waals surface area contributed by atoms with Crippen molar-refractivity contribution in [2.24, 2.45) is 0 Å². The molecule has 0 unspecified atom stereocenters. The van der Waals surface area contributed by atoms with Gasteiger partial charge in [0.05, 0.1) is 6.54 Å². The van der Waals surface area contributed by atoms with Crippen LogP contribution in [0.2, 0.25) is 0 Å². The van der Waals surface area contributed by atoms with Crippen LogP contribution < -0.4 is 0 Å². The van der Waals surface area contributed by atoms with Crippen LogP contribution in [0.5, 0.6) is 0 Å². The molecule has 0 fully saturated rings. The Bertz CT molecular complexity index is 696. The standard InChI is InChI=1S/C20H23N3S/c1-16(2)20-22-21-19(24-20)15-23(13-17-9-5-3-6-10-17)14-18-11-7-4-8-12-18/h3-12,16H,13-15H2,1-2H3. The number of rotatable bonds is 7. The summed E-state index contributed by atoms with van der Waals surface area (Å²) in [5.74, 6) is 0.438. The molecule has 1 heterocycles. The molecule has 0 aliphatic rings. The molecule has 0 aliphatic heterocycles. The molecule has 1 aromatic heterocycles. The van der Waals surface area contributed by atoms with Gasteiger partial charge in [0.15, 0.2) is 0 Å². The van der Waals surface area contributed by atoms with Crippen LogP contribution in [0.4, 0.5) is 0 Å². The van der Waals surface area contributed by atoms with E-state index in [0.29, 0.717) is 5.92 Å². The molecule has 0 bridgehead atoms. The minimum atomic E-state index is 0.438. The fourth-order valence-electron chi connectivity index (χ4n) is 2.61. The topological polar surface area (TPSA) is 29.0 Å². The van der Waals surface area contributed by atoms with Crippen LogP contribution in [0.3, 0.4) is 0 Å². The third-order valence-corrected chi connectivity index (χ3v) is 5.04. The Morgan fingerprint density at radius 2 is 1.33 bits per heavy atom. The molecule has 0 aliphatic carbocycles. The largest absolute Gasteiger partial charge is 0.288 e. The molecule has 0 radical (unpaired) electrons. The second-order valence-electron chi connectivity index (χ2n) is 6.31. The fraction of sp³-hybridized carbons (Fsp3) is 0.300. The van der Waals surface area contributed by atoms with Crippen LogP contribution in [0, 0.1) is 0 Å². The first-order valence-electron chi connectivity index (χ1n) is 8.33. The second kappa shape index (κ2) is 8.18. The molecule has 0 amide bonds. The molecule has 3 rings (SSSR count). The average Bonchev–Trinajstić information content (AvgIpc) is 3.05. The molecule has 0 saturated heterocycles. The number of hydrogen-bond donors (Lipinski definition) is 0. The monoisotopic (exact) mass is 337 g/mol. The summed E-state index contributed by atoms with van der Waals surface area (Å²) in [6, 6.07) is 21.2. The smallest absolute Gasteiger partial charge is 0.131 e. The molecule has 3 nitrogen and oxygen atoms in total. The molecule has 0 spiro atoms. The summed E-state index contributed by atoms with van der Waals surface area (Å²) in [6.45, 7) is 6.97. The molecule has 4 heteroatoms. The number of benzene rings is 2. The lowest BCUT2D eigenvalue weighted by atomic mass is 10.1. The van der Waals surface area contributed by atoms with Crippen LogP contribution in [-0.2, 0) is 19.6 Å². The Balaban J connectivity index is 1.75. The van der Waals surface area contributed by atoms with Gasteiger partial charge in [0.1, 0.15) is 10.0 Å². The first-order chi connectivity index (χ1) is 11.7. The zero-order valence-electron chi connectivity index (χ0n) is 14.2. The quantitative estimate of drug-likeness (QED) is 0.616. The van der Waals surface area contributed by atoms with Gasteiger partial charge in [-0.25, -0.2) is 0 Å². The van der Waals surface area contributed by atoms with Crippen LogP contribution >= 0.6 is 11.3 Å². The van der Waals surface area contributed by atoms with Gasteiger partial charge in [0.2, 0.25) is 0 Å². The van der Waals surface area contributed by atoms with Crippen molar-refractivity contribution < 1.29 is 0 Å². The van der Waals surface area contributed by atoms with Crippen molar-refractivity contribution in [1.29, 1.82) is 0 Å². The number of hydrogen-bond acceptors (Lipinski definition) is 4. The van der Waals surface area contributed by atoms with Gasteiger partial charge in [-0.1, -0.05) is 85.8 Å². The van der Waals surface area contributed by atoms with Crippen LogP contribution in [0.1, 0.15) is 40.9 Å². The van der Waals surface area contributed by atoms with E-state index in [4.69, 9.17) is 0 Å². The number of aromatic nitrogens is 2. The van der Waals surface area contributed by atoms with E-state index >= 15 is 0 Å². The summed E-state index contributed by atoms with van der Waals surface area (Å²) in [6.07, 6.45) is 0. The van der Waals surface area contributed by atoms with Gasteiger partial charge in [-0.05, 0) is 11.1 Å².